The number of likely N-dealkylation sites (tertiary alicyclic amines) is 5. The predicted octanol–water partition coefficient (Wildman–Crippen LogP) is 11.4. The van der Waals surface area contributed by atoms with Crippen molar-refractivity contribution < 1.29 is 85.5 Å². The Morgan fingerprint density at radius 2 is 0.604 bits per heavy atom. The number of carbonyl (C=O) groups excluding carboxylic acids is 10. The van der Waals surface area contributed by atoms with Crippen molar-refractivity contribution in [2.75, 3.05) is 82.5 Å². The van der Waals surface area contributed by atoms with E-state index in [1.54, 1.807) is 19.1 Å². The fraction of sp³-hybridized carbons (Fsp3) is 0.872. The lowest BCUT2D eigenvalue weighted by molar-refractivity contribution is -0.150. The molecule has 0 N–H and O–H groups in total. The van der Waals surface area contributed by atoms with Crippen molar-refractivity contribution in [2.24, 2.45) is 88.8 Å². The van der Waals surface area contributed by atoms with Gasteiger partial charge in [0.05, 0.1) is 116 Å². The molecule has 7 rings (SSSR count). The molecule has 23 heteroatoms. The molecule has 0 aromatic rings. The zero-order valence-corrected chi connectivity index (χ0v) is 66.4. The van der Waals surface area contributed by atoms with E-state index in [1.165, 1.54) is 42.0 Å². The molecule has 582 valence electrons. The second-order valence-corrected chi connectivity index (χ2v) is 32.1. The monoisotopic (exact) mass is 1430 g/mol. The summed E-state index contributed by atoms with van der Waals surface area (Å²) in [5, 5.41) is 0. The molecule has 0 unspecified atom stereocenters. The number of esters is 5. The highest BCUT2D eigenvalue weighted by Gasteiger charge is 2.47. The van der Waals surface area contributed by atoms with Crippen LogP contribution < -0.4 is 0 Å². The molecule has 2 aliphatic carbocycles. The van der Waals surface area contributed by atoms with Crippen LogP contribution in [0.15, 0.2) is 0 Å². The Morgan fingerprint density at radius 1 is 0.327 bits per heavy atom. The molecule has 0 aromatic heterocycles. The molecule has 5 aliphatic heterocycles. The van der Waals surface area contributed by atoms with E-state index in [-0.39, 0.29) is 170 Å². The molecular weight excluding hydrogens is 1300 g/mol. The second-order valence-electron chi connectivity index (χ2n) is 32.1. The first-order valence-electron chi connectivity index (χ1n) is 38.0. The van der Waals surface area contributed by atoms with Crippen LogP contribution in [0.1, 0.15) is 220 Å². The Labute approximate surface area is 606 Å². The van der Waals surface area contributed by atoms with Crippen molar-refractivity contribution in [3.63, 3.8) is 0 Å². The lowest BCUT2D eigenvalue weighted by Crippen LogP contribution is -2.45. The number of hydrogen-bond acceptors (Lipinski definition) is 17. The van der Waals surface area contributed by atoms with E-state index in [2.05, 4.69) is 60.1 Å². The fourth-order valence-electron chi connectivity index (χ4n) is 15.4. The first-order chi connectivity index (χ1) is 47.5. The summed E-state index contributed by atoms with van der Waals surface area (Å²) in [5.41, 5.74) is 0. The Morgan fingerprint density at radius 3 is 0.851 bits per heavy atom. The molecule has 0 radical (unpaired) electrons. The summed E-state index contributed by atoms with van der Waals surface area (Å²) in [6, 6.07) is 0.994. The number of nitrogens with zero attached hydrogens (tertiary/aromatic N) is 5. The lowest BCUT2D eigenvalue weighted by Gasteiger charge is -2.37. The van der Waals surface area contributed by atoms with Gasteiger partial charge in [-0.2, -0.15) is 0 Å². The number of ether oxygens (including phenoxy) is 7. The van der Waals surface area contributed by atoms with E-state index in [9.17, 15) is 52.3 Å². The molecule has 7 fully saturated rings. The van der Waals surface area contributed by atoms with Gasteiger partial charge in [0.2, 0.25) is 29.5 Å². The Hall–Kier alpha value is -5.45. The molecule has 0 spiro atoms. The Kier molecular flexibility index (Phi) is 38.9. The summed E-state index contributed by atoms with van der Waals surface area (Å²) in [7, 11) is 10.2. The van der Waals surface area contributed by atoms with Gasteiger partial charge in [0, 0.05) is 77.0 Å². The molecule has 0 aromatic carbocycles. The first-order valence-corrected chi connectivity index (χ1v) is 38.0. The molecular formula is C78H136FN5O17. The van der Waals surface area contributed by atoms with Gasteiger partial charge in [-0.05, 0) is 123 Å². The summed E-state index contributed by atoms with van der Waals surface area (Å²) in [5.74, 6) is 0.357. The van der Waals surface area contributed by atoms with Crippen molar-refractivity contribution in [1.82, 2.24) is 24.5 Å². The molecule has 2 saturated carbocycles. The number of alkyl halides is 1. The van der Waals surface area contributed by atoms with Crippen LogP contribution in [0.25, 0.3) is 0 Å². The van der Waals surface area contributed by atoms with E-state index >= 15 is 0 Å². The van der Waals surface area contributed by atoms with Crippen molar-refractivity contribution in [2.45, 2.75) is 269 Å². The van der Waals surface area contributed by atoms with Crippen molar-refractivity contribution >= 4 is 59.4 Å². The zero-order chi connectivity index (χ0) is 76.4. The molecule has 5 amide bonds. The van der Waals surface area contributed by atoms with Crippen LogP contribution in [-0.2, 0) is 81.1 Å². The van der Waals surface area contributed by atoms with Crippen LogP contribution in [0.5, 0.6) is 0 Å². The minimum atomic E-state index is -0.961. The van der Waals surface area contributed by atoms with E-state index in [1.807, 2.05) is 75.0 Å². The first kappa shape index (κ1) is 89.8. The molecule has 0 bridgehead atoms. The van der Waals surface area contributed by atoms with Crippen LogP contribution >= 0.6 is 0 Å². The largest absolute Gasteiger partial charge is 0.469 e. The summed E-state index contributed by atoms with van der Waals surface area (Å²) in [4.78, 5) is 131. The lowest BCUT2D eigenvalue weighted by atomic mass is 9.73. The van der Waals surface area contributed by atoms with Gasteiger partial charge in [-0.1, -0.05) is 117 Å². The molecule has 13 atom stereocenters. The third-order valence-electron chi connectivity index (χ3n) is 22.4. The smallest absolute Gasteiger partial charge is 0.306 e. The fourth-order valence-corrected chi connectivity index (χ4v) is 15.4. The molecule has 5 saturated heterocycles. The maximum atomic E-state index is 13.7. The third kappa shape index (κ3) is 26.9. The predicted molar refractivity (Wildman–Crippen MR) is 386 cm³/mol. The highest BCUT2D eigenvalue weighted by atomic mass is 19.1. The summed E-state index contributed by atoms with van der Waals surface area (Å²) in [6.45, 7) is 35.9. The summed E-state index contributed by atoms with van der Waals surface area (Å²) >= 11 is 0. The topological polar surface area (TPSA) is 252 Å². The number of amides is 5. The van der Waals surface area contributed by atoms with Gasteiger partial charge in [-0.3, -0.25) is 47.9 Å². The van der Waals surface area contributed by atoms with Crippen molar-refractivity contribution in [3.05, 3.63) is 0 Å². The highest BCUT2D eigenvalue weighted by Crippen LogP contribution is 2.42. The number of carbonyl (C=O) groups is 10. The van der Waals surface area contributed by atoms with Gasteiger partial charge in [-0.25, -0.2) is 4.39 Å². The minimum Gasteiger partial charge on any atom is -0.469 e. The summed E-state index contributed by atoms with van der Waals surface area (Å²) < 4.78 is 48.1. The third-order valence-corrected chi connectivity index (χ3v) is 22.4. The highest BCUT2D eigenvalue weighted by molar-refractivity contribution is 5.87. The van der Waals surface area contributed by atoms with E-state index in [4.69, 9.17) is 28.4 Å². The SMILES string of the molecule is COC(=O)C[C@H](C(=O)N1CCC[C@H]1C(C)C)C1CC1.COC(=O)C[C@H](C(=O)N1CCC[C@H]1C(C)C)C1CCC1.COC(=O)C[C@H](C(=O)N1C[C@@H](F)C[C@H]1C(C)C)C(C)C.COC(=O)C[C@H](C(=O)N1C[C@@H](OC)C[C@H]1C(C)C)C(C)C.COC(=O)C[C@H](C(=O)N1C[C@H](OC)C[C@H]1C(C)C)C(C)C. The normalized spacial score (nSPS) is 24.2. The number of halogens is 1. The maximum absolute atomic E-state index is 13.7. The van der Waals surface area contributed by atoms with E-state index in [0.717, 1.165) is 77.3 Å². The molecule has 7 aliphatic rings. The van der Waals surface area contributed by atoms with Gasteiger partial charge in [0.25, 0.3) is 0 Å². The van der Waals surface area contributed by atoms with Gasteiger partial charge in [0.1, 0.15) is 6.17 Å². The maximum Gasteiger partial charge on any atom is 0.306 e. The van der Waals surface area contributed by atoms with E-state index < -0.39 is 18.1 Å². The molecule has 22 nitrogen and oxygen atoms in total. The number of methoxy groups -OCH3 is 7. The quantitative estimate of drug-likeness (QED) is 0.0547. The molecule has 5 heterocycles. The van der Waals surface area contributed by atoms with E-state index in [0.29, 0.717) is 67.1 Å². The second kappa shape index (κ2) is 43.7. The van der Waals surface area contributed by atoms with Crippen LogP contribution in [0.3, 0.4) is 0 Å². The Balaban J connectivity index is 0.000000328. The number of rotatable bonds is 27. The summed E-state index contributed by atoms with van der Waals surface area (Å²) in [6.07, 6.45) is 12.1. The molecule has 101 heavy (non-hydrogen) atoms. The Bertz CT molecular complexity index is 2540. The average molecular weight is 1430 g/mol. The van der Waals surface area contributed by atoms with Crippen molar-refractivity contribution in [1.29, 1.82) is 0 Å². The standard InChI is InChI=1S/2C16H29NO4.C16H27NO3.C15H26FNO3.C15H25NO3/c2*1-10(2)13(8-15(18)21-6)16(19)17-9-12(20-5)7-14(17)11(3)4;1-11(2)14-8-5-9-17(14)16(19)13(10-15(18)20-3)12-6-4-7-12;1-9(2)12(7-14(18)20-5)15(19)17-8-11(16)6-13(17)10(3)4;1-10(2)13-5-4-8-16(13)15(18)12(11-6-7-11)9-14(17)19-3/h2*10-14H,7-9H2,1-6H3;11-14H,4-10H2,1-3H3;9-13H,6-8H2,1-5H3;10-13H,4-9H2,1-3H3/t12-,13+,14+;12-,13-,14-;13-,14-;11-,12-,13-;12-,13-/m10000/s1. The zero-order valence-electron chi connectivity index (χ0n) is 66.4. The number of hydrogen-bond donors (Lipinski definition) is 0. The van der Waals surface area contributed by atoms with Crippen LogP contribution in [0.2, 0.25) is 0 Å². The van der Waals surface area contributed by atoms with Gasteiger partial charge >= 0.3 is 29.8 Å². The van der Waals surface area contributed by atoms with Gasteiger partial charge in [0.15, 0.2) is 0 Å². The minimum absolute atomic E-state index is 0.0214. The van der Waals surface area contributed by atoms with Crippen LogP contribution in [0, 0.1) is 88.8 Å². The van der Waals surface area contributed by atoms with Crippen molar-refractivity contribution in [3.8, 4) is 0 Å². The van der Waals surface area contributed by atoms with Crippen LogP contribution in [-0.4, -0.2) is 215 Å². The van der Waals surface area contributed by atoms with Gasteiger partial charge < -0.3 is 57.7 Å². The van der Waals surface area contributed by atoms with Gasteiger partial charge in [-0.15, -0.1) is 0 Å². The van der Waals surface area contributed by atoms with Crippen LogP contribution in [0.4, 0.5) is 4.39 Å². The average Bonchev–Trinajstić information content (AvgIpc) is 1.71.